The first-order chi connectivity index (χ1) is 13.4. The molecule has 4 nitrogen and oxygen atoms in total. The monoisotopic (exact) mass is 396 g/mol. The summed E-state index contributed by atoms with van der Waals surface area (Å²) in [6, 6.07) is 18.3. The minimum Gasteiger partial charge on any atom is -0.481 e. The Morgan fingerprint density at radius 1 is 1.14 bits per heavy atom. The van der Waals surface area contributed by atoms with Crippen molar-refractivity contribution in [1.29, 1.82) is 0 Å². The van der Waals surface area contributed by atoms with Gasteiger partial charge in [0.2, 0.25) is 0 Å². The number of nitrogens with one attached hydrogen (secondary N) is 2. The summed E-state index contributed by atoms with van der Waals surface area (Å²) in [5.41, 5.74) is 4.58. The number of aryl methyl sites for hydroxylation is 1. The topological polar surface area (TPSA) is 61.4 Å². The number of carboxylic acid groups (broad SMARTS) is 1. The molecule has 5 heteroatoms. The van der Waals surface area contributed by atoms with E-state index < -0.39 is 11.9 Å². The minimum absolute atomic E-state index is 0.0219. The van der Waals surface area contributed by atoms with Gasteiger partial charge in [-0.25, -0.2) is 0 Å². The van der Waals surface area contributed by atoms with Crippen molar-refractivity contribution in [2.45, 2.75) is 32.7 Å². The third-order valence-electron chi connectivity index (χ3n) is 4.86. The van der Waals surface area contributed by atoms with Crippen molar-refractivity contribution in [2.24, 2.45) is 11.8 Å². The van der Waals surface area contributed by atoms with Gasteiger partial charge >= 0.3 is 5.97 Å². The Morgan fingerprint density at radius 2 is 1.82 bits per heavy atom. The molecule has 2 atom stereocenters. The van der Waals surface area contributed by atoms with Gasteiger partial charge in [-0.2, -0.15) is 0 Å². The van der Waals surface area contributed by atoms with E-state index in [0.29, 0.717) is 18.9 Å². The fourth-order valence-corrected chi connectivity index (χ4v) is 4.45. The van der Waals surface area contributed by atoms with Crippen LogP contribution in [0.15, 0.2) is 59.5 Å². The van der Waals surface area contributed by atoms with Crippen LogP contribution < -0.4 is 10.6 Å². The predicted molar refractivity (Wildman–Crippen MR) is 117 cm³/mol. The number of carbonyl (C=O) groups is 1. The highest BCUT2D eigenvalue weighted by Gasteiger charge is 2.28. The van der Waals surface area contributed by atoms with Crippen molar-refractivity contribution in [3.63, 3.8) is 0 Å². The maximum atomic E-state index is 11.7. The van der Waals surface area contributed by atoms with Crippen molar-refractivity contribution >= 4 is 23.4 Å². The number of carboxylic acids is 1. The normalized spacial score (nSPS) is 17.6. The summed E-state index contributed by atoms with van der Waals surface area (Å²) in [6.45, 7) is 6.88. The molecule has 2 aromatic carbocycles. The molecule has 0 saturated heterocycles. The van der Waals surface area contributed by atoms with Crippen LogP contribution in [0.5, 0.6) is 0 Å². The average molecular weight is 397 g/mol. The van der Waals surface area contributed by atoms with E-state index in [1.165, 1.54) is 16.0 Å². The predicted octanol–water partition coefficient (Wildman–Crippen LogP) is 4.47. The zero-order valence-corrected chi connectivity index (χ0v) is 17.4. The fraction of sp³-hybridized carbons (Fsp3) is 0.348. The van der Waals surface area contributed by atoms with Gasteiger partial charge in [-0.05, 0) is 30.4 Å². The molecule has 0 aromatic heterocycles. The molecule has 28 heavy (non-hydrogen) atoms. The highest BCUT2D eigenvalue weighted by atomic mass is 32.2. The number of thioether (sulfide) groups is 1. The summed E-state index contributed by atoms with van der Waals surface area (Å²) < 4.78 is 0. The van der Waals surface area contributed by atoms with Gasteiger partial charge in [0.15, 0.2) is 0 Å². The second-order valence-corrected chi connectivity index (χ2v) is 8.68. The third kappa shape index (κ3) is 5.18. The lowest BCUT2D eigenvalue weighted by Gasteiger charge is -2.19. The molecule has 0 spiro atoms. The quantitative estimate of drug-likeness (QED) is 0.614. The first-order valence-corrected chi connectivity index (χ1v) is 10.6. The molecule has 2 aromatic rings. The van der Waals surface area contributed by atoms with E-state index in [2.05, 4.69) is 55.7 Å². The van der Waals surface area contributed by atoms with Gasteiger partial charge < -0.3 is 10.4 Å². The van der Waals surface area contributed by atoms with E-state index in [1.807, 2.05) is 30.3 Å². The van der Waals surface area contributed by atoms with Gasteiger partial charge in [0.25, 0.3) is 0 Å². The van der Waals surface area contributed by atoms with Crippen LogP contribution in [-0.2, 0) is 11.2 Å². The van der Waals surface area contributed by atoms with Gasteiger partial charge in [-0.1, -0.05) is 85.8 Å². The summed E-state index contributed by atoms with van der Waals surface area (Å²) in [6.07, 6.45) is 0.524. The Kier molecular flexibility index (Phi) is 6.81. The Morgan fingerprint density at radius 3 is 2.43 bits per heavy atom. The molecule has 3 rings (SSSR count). The molecule has 0 saturated carbocycles. The number of hydrogen-bond donors (Lipinski definition) is 3. The Bertz CT molecular complexity index is 831. The number of benzene rings is 2. The van der Waals surface area contributed by atoms with Crippen LogP contribution in [0.2, 0.25) is 0 Å². The zero-order chi connectivity index (χ0) is 20.1. The van der Waals surface area contributed by atoms with Gasteiger partial charge in [-0.15, -0.1) is 0 Å². The van der Waals surface area contributed by atoms with E-state index in [4.69, 9.17) is 0 Å². The van der Waals surface area contributed by atoms with Crippen LogP contribution in [0.3, 0.4) is 0 Å². The lowest BCUT2D eigenvalue weighted by molar-refractivity contribution is -0.141. The zero-order valence-electron chi connectivity index (χ0n) is 16.6. The second-order valence-electron chi connectivity index (χ2n) is 7.54. The first-order valence-electron chi connectivity index (χ1n) is 9.68. The van der Waals surface area contributed by atoms with Crippen LogP contribution in [0, 0.1) is 18.8 Å². The van der Waals surface area contributed by atoms with Crippen molar-refractivity contribution in [2.75, 3.05) is 6.54 Å². The van der Waals surface area contributed by atoms with Crippen LogP contribution in [0.4, 0.5) is 0 Å². The molecule has 2 unspecified atom stereocenters. The molecule has 0 amide bonds. The van der Waals surface area contributed by atoms with Gasteiger partial charge in [0.05, 0.1) is 11.6 Å². The SMILES string of the molecule is Cc1ccc(C2=C(C(C)C)SC(NCC(Cc3ccccc3)C(=O)O)N2)cc1. The fourth-order valence-electron chi connectivity index (χ4n) is 3.28. The van der Waals surface area contributed by atoms with Crippen LogP contribution >= 0.6 is 11.8 Å². The molecule has 0 radical (unpaired) electrons. The molecule has 0 bridgehead atoms. The minimum atomic E-state index is -0.768. The lowest BCUT2D eigenvalue weighted by Crippen LogP contribution is -2.40. The maximum absolute atomic E-state index is 11.7. The molecule has 0 aliphatic carbocycles. The van der Waals surface area contributed by atoms with Crippen LogP contribution in [0.1, 0.15) is 30.5 Å². The Labute approximate surface area is 171 Å². The molecule has 148 valence electrons. The maximum Gasteiger partial charge on any atom is 0.308 e. The average Bonchev–Trinajstić information content (AvgIpc) is 3.11. The first kappa shape index (κ1) is 20.5. The number of hydrogen-bond acceptors (Lipinski definition) is 4. The molecular formula is C23H28N2O2S. The van der Waals surface area contributed by atoms with E-state index in [1.54, 1.807) is 11.8 Å². The van der Waals surface area contributed by atoms with E-state index in [9.17, 15) is 9.90 Å². The number of rotatable bonds is 8. The van der Waals surface area contributed by atoms with Crippen molar-refractivity contribution in [1.82, 2.24) is 10.6 Å². The summed E-state index contributed by atoms with van der Waals surface area (Å²) >= 11 is 1.75. The summed E-state index contributed by atoms with van der Waals surface area (Å²) in [5.74, 6) is -0.828. The van der Waals surface area contributed by atoms with E-state index in [-0.39, 0.29) is 5.50 Å². The van der Waals surface area contributed by atoms with Crippen molar-refractivity contribution in [3.8, 4) is 0 Å². The summed E-state index contributed by atoms with van der Waals surface area (Å²) in [7, 11) is 0. The lowest BCUT2D eigenvalue weighted by atomic mass is 9.99. The smallest absolute Gasteiger partial charge is 0.308 e. The molecule has 0 fully saturated rings. The summed E-state index contributed by atoms with van der Waals surface area (Å²) in [4.78, 5) is 13.0. The number of allylic oxidation sites excluding steroid dienone is 1. The second kappa shape index (κ2) is 9.30. The largest absolute Gasteiger partial charge is 0.481 e. The van der Waals surface area contributed by atoms with Crippen LogP contribution in [0.25, 0.3) is 5.70 Å². The van der Waals surface area contributed by atoms with Crippen LogP contribution in [-0.4, -0.2) is 23.1 Å². The highest BCUT2D eigenvalue weighted by Crippen LogP contribution is 2.39. The molecule has 3 N–H and O–H groups in total. The molecule has 1 heterocycles. The molecule has 1 aliphatic heterocycles. The Hall–Kier alpha value is -2.24. The van der Waals surface area contributed by atoms with Crippen molar-refractivity contribution in [3.05, 3.63) is 76.2 Å². The summed E-state index contributed by atoms with van der Waals surface area (Å²) in [5, 5.41) is 16.6. The standard InChI is InChI=1S/C23H28N2O2S/c1-15(2)21-20(18-11-9-16(3)10-12-18)25-23(28-21)24-14-19(22(26)27)13-17-7-5-4-6-8-17/h4-12,15,19,23-25H,13-14H2,1-3H3,(H,26,27). The van der Waals surface area contributed by atoms with Gasteiger partial charge in [0, 0.05) is 11.4 Å². The van der Waals surface area contributed by atoms with E-state index in [0.717, 1.165) is 11.3 Å². The highest BCUT2D eigenvalue weighted by molar-refractivity contribution is 8.04. The van der Waals surface area contributed by atoms with Gasteiger partial charge in [-0.3, -0.25) is 10.1 Å². The van der Waals surface area contributed by atoms with Gasteiger partial charge in [0.1, 0.15) is 5.50 Å². The van der Waals surface area contributed by atoms with Crippen molar-refractivity contribution < 1.29 is 9.90 Å². The molecular weight excluding hydrogens is 368 g/mol. The molecule has 1 aliphatic rings. The van der Waals surface area contributed by atoms with E-state index >= 15 is 0 Å². The number of aliphatic carboxylic acids is 1. The third-order valence-corrected chi connectivity index (χ3v) is 6.30. The Balaban J connectivity index is 1.65.